The van der Waals surface area contributed by atoms with Crippen molar-refractivity contribution >= 4 is 0 Å². The molecule has 2 unspecified atom stereocenters. The summed E-state index contributed by atoms with van der Waals surface area (Å²) < 4.78 is 0. The van der Waals surface area contributed by atoms with Gasteiger partial charge in [0.15, 0.2) is 0 Å². The largest absolute Gasteiger partial charge is 0.388 e. The lowest BCUT2D eigenvalue weighted by molar-refractivity contribution is -0.00710. The minimum absolute atomic E-state index is 0.267. The molecule has 0 aromatic heterocycles. The maximum absolute atomic E-state index is 10.5. The average Bonchev–Trinajstić information content (AvgIpc) is 2.72. The molecule has 12 heavy (non-hydrogen) atoms. The molecule has 0 aromatic rings. The Morgan fingerprint density at radius 2 is 2.00 bits per heavy atom. The van der Waals surface area contributed by atoms with Crippen molar-refractivity contribution in [2.24, 2.45) is 5.92 Å². The first kappa shape index (κ1) is 7.34. The number of hydrogen-bond acceptors (Lipinski definition) is 2. The quantitative estimate of drug-likeness (QED) is 0.629. The Hall–Kier alpha value is -0.0800. The Morgan fingerprint density at radius 3 is 2.75 bits per heavy atom. The maximum Gasteiger partial charge on any atom is 0.0842 e. The van der Waals surface area contributed by atoms with Crippen molar-refractivity contribution < 1.29 is 5.11 Å². The molecular weight excluding hydrogens is 150 g/mol. The van der Waals surface area contributed by atoms with Gasteiger partial charge in [-0.3, -0.25) is 4.90 Å². The van der Waals surface area contributed by atoms with E-state index in [1.807, 2.05) is 0 Å². The van der Waals surface area contributed by atoms with E-state index in [-0.39, 0.29) is 5.60 Å². The van der Waals surface area contributed by atoms with Crippen molar-refractivity contribution in [3.05, 3.63) is 0 Å². The lowest BCUT2D eigenvalue weighted by Gasteiger charge is -2.29. The van der Waals surface area contributed by atoms with E-state index in [1.165, 1.54) is 32.2 Å². The second-order valence-electron chi connectivity index (χ2n) is 4.71. The smallest absolute Gasteiger partial charge is 0.0842 e. The molecule has 1 N–H and O–H groups in total. The van der Waals surface area contributed by atoms with Crippen LogP contribution < -0.4 is 0 Å². The van der Waals surface area contributed by atoms with E-state index < -0.39 is 0 Å². The molecule has 2 heteroatoms. The molecule has 2 nitrogen and oxygen atoms in total. The van der Waals surface area contributed by atoms with Gasteiger partial charge in [-0.25, -0.2) is 0 Å². The number of aliphatic hydroxyl groups is 1. The summed E-state index contributed by atoms with van der Waals surface area (Å²) in [7, 11) is 0. The topological polar surface area (TPSA) is 23.5 Å². The molecule has 2 atom stereocenters. The Morgan fingerprint density at radius 1 is 1.17 bits per heavy atom. The summed E-state index contributed by atoms with van der Waals surface area (Å²) >= 11 is 0. The molecule has 2 heterocycles. The van der Waals surface area contributed by atoms with Gasteiger partial charge in [0, 0.05) is 12.6 Å². The molecule has 0 amide bonds. The van der Waals surface area contributed by atoms with Crippen molar-refractivity contribution in [3.63, 3.8) is 0 Å². The molecule has 2 aliphatic heterocycles. The minimum atomic E-state index is -0.267. The van der Waals surface area contributed by atoms with Gasteiger partial charge in [0.1, 0.15) is 0 Å². The van der Waals surface area contributed by atoms with Crippen molar-refractivity contribution in [2.45, 2.75) is 43.7 Å². The maximum atomic E-state index is 10.5. The summed E-state index contributed by atoms with van der Waals surface area (Å²) in [5, 5.41) is 10.5. The highest BCUT2D eigenvalue weighted by Crippen LogP contribution is 2.50. The van der Waals surface area contributed by atoms with Gasteiger partial charge in [-0.15, -0.1) is 0 Å². The fraction of sp³-hybridized carbons (Fsp3) is 1.00. The zero-order chi connectivity index (χ0) is 8.18. The second kappa shape index (κ2) is 2.24. The normalized spacial score (nSPS) is 48.2. The van der Waals surface area contributed by atoms with E-state index in [1.54, 1.807) is 0 Å². The molecule has 1 aliphatic carbocycles. The molecule has 0 aromatic carbocycles. The van der Waals surface area contributed by atoms with Gasteiger partial charge >= 0.3 is 0 Å². The molecule has 3 fully saturated rings. The van der Waals surface area contributed by atoms with Gasteiger partial charge in [-0.2, -0.15) is 0 Å². The molecular formula is C10H17NO. The summed E-state index contributed by atoms with van der Waals surface area (Å²) in [4.78, 5) is 2.50. The van der Waals surface area contributed by atoms with Crippen molar-refractivity contribution in [2.75, 3.05) is 13.1 Å². The third kappa shape index (κ3) is 0.826. The predicted octanol–water partition coefficient (Wildman–Crippen LogP) is 0.996. The molecule has 0 spiro atoms. The standard InChI is InChI=1S/C10H17NO/c12-10(8-3-4-8)5-7-11-6-1-2-9(10)11/h8-9,12H,1-7H2. The molecule has 2 saturated heterocycles. The summed E-state index contributed by atoms with van der Waals surface area (Å²) in [6, 6.07) is 0.532. The van der Waals surface area contributed by atoms with E-state index in [4.69, 9.17) is 0 Å². The predicted molar refractivity (Wildman–Crippen MR) is 46.9 cm³/mol. The van der Waals surface area contributed by atoms with Crippen LogP contribution in [0.2, 0.25) is 0 Å². The highest BCUT2D eigenvalue weighted by atomic mass is 16.3. The third-order valence-electron chi connectivity index (χ3n) is 4.02. The number of rotatable bonds is 1. The lowest BCUT2D eigenvalue weighted by Crippen LogP contribution is -2.42. The van der Waals surface area contributed by atoms with Crippen LogP contribution in [0.15, 0.2) is 0 Å². The van der Waals surface area contributed by atoms with E-state index in [0.717, 1.165) is 13.0 Å². The molecule has 1 saturated carbocycles. The second-order valence-corrected chi connectivity index (χ2v) is 4.71. The van der Waals surface area contributed by atoms with E-state index in [9.17, 15) is 5.11 Å². The fourth-order valence-electron chi connectivity index (χ4n) is 3.21. The van der Waals surface area contributed by atoms with Crippen LogP contribution in [-0.2, 0) is 0 Å². The Bertz CT molecular complexity index is 202. The van der Waals surface area contributed by atoms with Gasteiger partial charge < -0.3 is 5.11 Å². The molecule has 3 rings (SSSR count). The number of hydrogen-bond donors (Lipinski definition) is 1. The van der Waals surface area contributed by atoms with Crippen molar-refractivity contribution in [1.29, 1.82) is 0 Å². The van der Waals surface area contributed by atoms with E-state index in [0.29, 0.717) is 12.0 Å². The molecule has 3 aliphatic rings. The Balaban J connectivity index is 1.86. The lowest BCUT2D eigenvalue weighted by atomic mass is 9.88. The summed E-state index contributed by atoms with van der Waals surface area (Å²) in [5.41, 5.74) is -0.267. The SMILES string of the molecule is OC1(C2CC2)CCN2CCCC21. The fourth-order valence-corrected chi connectivity index (χ4v) is 3.21. The van der Waals surface area contributed by atoms with E-state index in [2.05, 4.69) is 4.90 Å². The van der Waals surface area contributed by atoms with Gasteiger partial charge in [0.05, 0.1) is 5.60 Å². The van der Waals surface area contributed by atoms with Crippen LogP contribution in [0, 0.1) is 5.92 Å². The van der Waals surface area contributed by atoms with Crippen molar-refractivity contribution in [3.8, 4) is 0 Å². The average molecular weight is 167 g/mol. The van der Waals surface area contributed by atoms with Gasteiger partial charge in [-0.1, -0.05) is 0 Å². The first-order chi connectivity index (χ1) is 5.81. The van der Waals surface area contributed by atoms with Crippen LogP contribution in [0.25, 0.3) is 0 Å². The molecule has 0 bridgehead atoms. The first-order valence-corrected chi connectivity index (χ1v) is 5.27. The monoisotopic (exact) mass is 167 g/mol. The molecule has 0 radical (unpaired) electrons. The van der Waals surface area contributed by atoms with Gasteiger partial charge in [-0.05, 0) is 44.6 Å². The van der Waals surface area contributed by atoms with Gasteiger partial charge in [0.25, 0.3) is 0 Å². The number of fused-ring (bicyclic) bond motifs is 1. The zero-order valence-corrected chi connectivity index (χ0v) is 7.50. The minimum Gasteiger partial charge on any atom is -0.388 e. The number of nitrogens with zero attached hydrogens (tertiary/aromatic N) is 1. The highest BCUT2D eigenvalue weighted by Gasteiger charge is 2.55. The van der Waals surface area contributed by atoms with Crippen LogP contribution in [0.3, 0.4) is 0 Å². The first-order valence-electron chi connectivity index (χ1n) is 5.27. The van der Waals surface area contributed by atoms with Crippen LogP contribution in [0.4, 0.5) is 0 Å². The van der Waals surface area contributed by atoms with Crippen LogP contribution in [-0.4, -0.2) is 34.7 Å². The van der Waals surface area contributed by atoms with Crippen LogP contribution in [0.5, 0.6) is 0 Å². The van der Waals surface area contributed by atoms with Crippen LogP contribution >= 0.6 is 0 Å². The van der Waals surface area contributed by atoms with Gasteiger partial charge in [0.2, 0.25) is 0 Å². The zero-order valence-electron chi connectivity index (χ0n) is 7.50. The van der Waals surface area contributed by atoms with Crippen LogP contribution in [0.1, 0.15) is 32.1 Å². The Kier molecular flexibility index (Phi) is 1.37. The highest BCUT2D eigenvalue weighted by molar-refractivity contribution is 5.09. The third-order valence-corrected chi connectivity index (χ3v) is 4.02. The summed E-state index contributed by atoms with van der Waals surface area (Å²) in [5.74, 6) is 0.658. The summed E-state index contributed by atoms with van der Waals surface area (Å²) in [6.07, 6.45) is 6.15. The Labute approximate surface area is 73.6 Å². The molecule has 68 valence electrons. The summed E-state index contributed by atoms with van der Waals surface area (Å²) in [6.45, 7) is 2.39. The van der Waals surface area contributed by atoms with Crippen molar-refractivity contribution in [1.82, 2.24) is 4.90 Å². The van der Waals surface area contributed by atoms with E-state index >= 15 is 0 Å².